The van der Waals surface area contributed by atoms with E-state index in [2.05, 4.69) is 30.1 Å². The average molecular weight is 266 g/mol. The highest BCUT2D eigenvalue weighted by molar-refractivity contribution is 5.17. The summed E-state index contributed by atoms with van der Waals surface area (Å²) in [5.41, 5.74) is 1.28. The lowest BCUT2D eigenvalue weighted by Gasteiger charge is -2.16. The van der Waals surface area contributed by atoms with E-state index in [4.69, 9.17) is 9.15 Å². The van der Waals surface area contributed by atoms with E-state index < -0.39 is 0 Å². The minimum atomic E-state index is 0.501. The molecule has 1 atom stereocenters. The van der Waals surface area contributed by atoms with Crippen LogP contribution in [0, 0.1) is 5.92 Å². The maximum atomic E-state index is 5.64. The molecule has 0 aliphatic carbocycles. The normalized spacial score (nSPS) is 20.5. The highest BCUT2D eigenvalue weighted by Crippen LogP contribution is 2.21. The van der Waals surface area contributed by atoms with Gasteiger partial charge in [0, 0.05) is 31.8 Å². The summed E-state index contributed by atoms with van der Waals surface area (Å²) in [4.78, 5) is 2.46. The number of ether oxygens (including phenoxy) is 1. The van der Waals surface area contributed by atoms with Crippen molar-refractivity contribution in [1.29, 1.82) is 0 Å². The topological polar surface area (TPSA) is 37.6 Å². The largest absolute Gasteiger partial charge is 0.468 e. The molecule has 4 heteroatoms. The van der Waals surface area contributed by atoms with Crippen LogP contribution >= 0.6 is 0 Å². The van der Waals surface area contributed by atoms with E-state index in [9.17, 15) is 0 Å². The molecule has 2 rings (SSSR count). The van der Waals surface area contributed by atoms with Crippen molar-refractivity contribution < 1.29 is 9.15 Å². The van der Waals surface area contributed by atoms with Gasteiger partial charge < -0.3 is 14.5 Å². The van der Waals surface area contributed by atoms with E-state index >= 15 is 0 Å². The van der Waals surface area contributed by atoms with Crippen LogP contribution in [0.5, 0.6) is 0 Å². The van der Waals surface area contributed by atoms with Gasteiger partial charge in [-0.25, -0.2) is 0 Å². The van der Waals surface area contributed by atoms with E-state index in [1.165, 1.54) is 12.0 Å². The van der Waals surface area contributed by atoms with Gasteiger partial charge in [-0.3, -0.25) is 4.90 Å². The summed E-state index contributed by atoms with van der Waals surface area (Å²) >= 11 is 0. The van der Waals surface area contributed by atoms with Crippen LogP contribution in [0.1, 0.15) is 31.6 Å². The van der Waals surface area contributed by atoms with Crippen molar-refractivity contribution in [2.24, 2.45) is 5.92 Å². The molecule has 1 N–H and O–H groups in total. The van der Waals surface area contributed by atoms with Gasteiger partial charge >= 0.3 is 0 Å². The molecule has 1 aliphatic heterocycles. The summed E-state index contributed by atoms with van der Waals surface area (Å²) < 4.78 is 10.9. The minimum absolute atomic E-state index is 0.501. The van der Waals surface area contributed by atoms with Crippen molar-refractivity contribution in [3.63, 3.8) is 0 Å². The van der Waals surface area contributed by atoms with Gasteiger partial charge in [0.15, 0.2) is 0 Å². The van der Waals surface area contributed by atoms with Crippen molar-refractivity contribution in [1.82, 2.24) is 10.2 Å². The third-order valence-corrected chi connectivity index (χ3v) is 3.68. The number of hydrogen-bond acceptors (Lipinski definition) is 4. The third kappa shape index (κ3) is 4.34. The van der Waals surface area contributed by atoms with Gasteiger partial charge in [-0.05, 0) is 24.9 Å². The SMILES string of the molecule is COCC1CCN(Cc2occc2CNC(C)C)C1. The summed E-state index contributed by atoms with van der Waals surface area (Å²) in [5, 5.41) is 3.44. The zero-order valence-electron chi connectivity index (χ0n) is 12.3. The zero-order chi connectivity index (χ0) is 13.7. The number of furan rings is 1. The zero-order valence-corrected chi connectivity index (χ0v) is 12.3. The highest BCUT2D eigenvalue weighted by atomic mass is 16.5. The predicted octanol–water partition coefficient (Wildman–Crippen LogP) is 2.25. The molecule has 0 aromatic carbocycles. The van der Waals surface area contributed by atoms with Gasteiger partial charge in [0.25, 0.3) is 0 Å². The van der Waals surface area contributed by atoms with Crippen LogP contribution in [0.15, 0.2) is 16.7 Å². The van der Waals surface area contributed by atoms with Gasteiger partial charge in [0.05, 0.1) is 19.4 Å². The Hall–Kier alpha value is -0.840. The Morgan fingerprint density at radius 3 is 3.11 bits per heavy atom. The summed E-state index contributed by atoms with van der Waals surface area (Å²) in [7, 11) is 1.78. The molecule has 0 bridgehead atoms. The molecule has 4 nitrogen and oxygen atoms in total. The second-order valence-corrected chi connectivity index (χ2v) is 5.75. The van der Waals surface area contributed by atoms with Crippen LogP contribution in [0.25, 0.3) is 0 Å². The highest BCUT2D eigenvalue weighted by Gasteiger charge is 2.23. The quantitative estimate of drug-likeness (QED) is 0.821. The van der Waals surface area contributed by atoms with Crippen molar-refractivity contribution in [3.8, 4) is 0 Å². The Labute approximate surface area is 116 Å². The van der Waals surface area contributed by atoms with E-state index in [0.29, 0.717) is 12.0 Å². The van der Waals surface area contributed by atoms with Crippen LogP contribution in [-0.4, -0.2) is 37.7 Å². The van der Waals surface area contributed by atoms with Crippen LogP contribution < -0.4 is 5.32 Å². The second-order valence-electron chi connectivity index (χ2n) is 5.75. The fourth-order valence-corrected chi connectivity index (χ4v) is 2.61. The number of nitrogens with zero attached hydrogens (tertiary/aromatic N) is 1. The fourth-order valence-electron chi connectivity index (χ4n) is 2.61. The number of nitrogens with one attached hydrogen (secondary N) is 1. The monoisotopic (exact) mass is 266 g/mol. The van der Waals surface area contributed by atoms with Crippen LogP contribution in [0.2, 0.25) is 0 Å². The summed E-state index contributed by atoms with van der Waals surface area (Å²) in [5.74, 6) is 1.78. The summed E-state index contributed by atoms with van der Waals surface area (Å²) in [6.45, 7) is 9.26. The van der Waals surface area contributed by atoms with E-state index in [1.54, 1.807) is 13.4 Å². The van der Waals surface area contributed by atoms with Gasteiger partial charge in [-0.1, -0.05) is 13.8 Å². The van der Waals surface area contributed by atoms with Crippen molar-refractivity contribution >= 4 is 0 Å². The Bertz CT molecular complexity index is 376. The Balaban J connectivity index is 1.84. The molecule has 108 valence electrons. The lowest BCUT2D eigenvalue weighted by molar-refractivity contribution is 0.151. The molecule has 1 unspecified atom stereocenters. The van der Waals surface area contributed by atoms with Crippen molar-refractivity contribution in [2.45, 2.75) is 39.4 Å². The molecule has 0 spiro atoms. The molecule has 0 amide bonds. The first-order valence-electron chi connectivity index (χ1n) is 7.19. The van der Waals surface area contributed by atoms with Crippen LogP contribution in [0.3, 0.4) is 0 Å². The lowest BCUT2D eigenvalue weighted by Crippen LogP contribution is -2.24. The molecule has 1 saturated heterocycles. The third-order valence-electron chi connectivity index (χ3n) is 3.68. The van der Waals surface area contributed by atoms with Crippen molar-refractivity contribution in [2.75, 3.05) is 26.8 Å². The molecule has 19 heavy (non-hydrogen) atoms. The minimum Gasteiger partial charge on any atom is -0.468 e. The second kappa shape index (κ2) is 7.08. The fraction of sp³-hybridized carbons (Fsp3) is 0.733. The smallest absolute Gasteiger partial charge is 0.122 e. The average Bonchev–Trinajstić information content (AvgIpc) is 2.97. The van der Waals surface area contributed by atoms with Gasteiger partial charge in [-0.15, -0.1) is 0 Å². The van der Waals surface area contributed by atoms with Gasteiger partial charge in [0.2, 0.25) is 0 Å². The predicted molar refractivity (Wildman–Crippen MR) is 75.9 cm³/mol. The first-order valence-corrected chi connectivity index (χ1v) is 7.19. The molecular formula is C15H26N2O2. The molecular weight excluding hydrogens is 240 g/mol. The first-order chi connectivity index (χ1) is 9.19. The van der Waals surface area contributed by atoms with E-state index in [0.717, 1.165) is 38.5 Å². The Morgan fingerprint density at radius 1 is 1.53 bits per heavy atom. The lowest BCUT2D eigenvalue weighted by atomic mass is 10.1. The molecule has 1 aliphatic rings. The number of hydrogen-bond donors (Lipinski definition) is 1. The van der Waals surface area contributed by atoms with Gasteiger partial charge in [-0.2, -0.15) is 0 Å². The van der Waals surface area contributed by atoms with Crippen molar-refractivity contribution in [3.05, 3.63) is 23.7 Å². The number of rotatable bonds is 7. The van der Waals surface area contributed by atoms with E-state index in [1.807, 2.05) is 0 Å². The first kappa shape index (κ1) is 14.6. The van der Waals surface area contributed by atoms with Crippen LogP contribution in [-0.2, 0) is 17.8 Å². The molecule has 1 aromatic heterocycles. The summed E-state index contributed by atoms with van der Waals surface area (Å²) in [6, 6.07) is 2.58. The number of likely N-dealkylation sites (tertiary alicyclic amines) is 1. The number of methoxy groups -OCH3 is 1. The Kier molecular flexibility index (Phi) is 5.43. The van der Waals surface area contributed by atoms with Crippen LogP contribution in [0.4, 0.5) is 0 Å². The molecule has 2 heterocycles. The summed E-state index contributed by atoms with van der Waals surface area (Å²) in [6.07, 6.45) is 3.03. The Morgan fingerprint density at radius 2 is 2.37 bits per heavy atom. The maximum absolute atomic E-state index is 5.64. The molecule has 0 saturated carbocycles. The molecule has 1 aromatic rings. The standard InChI is InChI=1S/C15H26N2O2/c1-12(2)16-8-14-5-7-19-15(14)10-17-6-4-13(9-17)11-18-3/h5,7,12-13,16H,4,6,8-11H2,1-3H3. The van der Waals surface area contributed by atoms with Gasteiger partial charge in [0.1, 0.15) is 5.76 Å². The maximum Gasteiger partial charge on any atom is 0.122 e. The molecule has 0 radical (unpaired) electrons. The molecule has 1 fully saturated rings. The van der Waals surface area contributed by atoms with E-state index in [-0.39, 0.29) is 0 Å².